The third-order valence-electron chi connectivity index (χ3n) is 3.94. The van der Waals surface area contributed by atoms with E-state index in [1.807, 2.05) is 0 Å². The van der Waals surface area contributed by atoms with Gasteiger partial charge in [0.2, 0.25) is 0 Å². The van der Waals surface area contributed by atoms with Gasteiger partial charge in [-0.1, -0.05) is 52.4 Å². The molecule has 1 heterocycles. The van der Waals surface area contributed by atoms with Crippen LogP contribution >= 0.6 is 0 Å². The smallest absolute Gasteiger partial charge is 0.00952 e. The molecule has 0 saturated carbocycles. The first-order chi connectivity index (χ1) is 7.88. The van der Waals surface area contributed by atoms with E-state index in [2.05, 4.69) is 18.7 Å². The van der Waals surface area contributed by atoms with Crippen LogP contribution in [-0.4, -0.2) is 24.0 Å². The van der Waals surface area contributed by atoms with Gasteiger partial charge in [-0.2, -0.15) is 0 Å². The summed E-state index contributed by atoms with van der Waals surface area (Å²) >= 11 is 0. The van der Waals surface area contributed by atoms with Crippen LogP contribution in [0.25, 0.3) is 0 Å². The van der Waals surface area contributed by atoms with Crippen LogP contribution in [0.3, 0.4) is 0 Å². The van der Waals surface area contributed by atoms with Crippen molar-refractivity contribution in [1.82, 2.24) is 4.90 Å². The fraction of sp³-hybridized carbons (Fsp3) is 1.00. The number of piperidine rings is 1. The van der Waals surface area contributed by atoms with E-state index in [1.54, 1.807) is 0 Å². The lowest BCUT2D eigenvalue weighted by atomic mass is 9.97. The van der Waals surface area contributed by atoms with Gasteiger partial charge in [0.25, 0.3) is 0 Å². The van der Waals surface area contributed by atoms with Crippen molar-refractivity contribution in [3.05, 3.63) is 0 Å². The minimum absolute atomic E-state index is 0.926. The van der Waals surface area contributed by atoms with Gasteiger partial charge in [-0.3, -0.25) is 0 Å². The van der Waals surface area contributed by atoms with E-state index in [-0.39, 0.29) is 0 Å². The normalized spacial score (nSPS) is 22.5. The number of hydrogen-bond acceptors (Lipinski definition) is 1. The van der Waals surface area contributed by atoms with Crippen molar-refractivity contribution in [2.24, 2.45) is 0 Å². The molecule has 1 atom stereocenters. The Balaban J connectivity index is 2.18. The van der Waals surface area contributed by atoms with Gasteiger partial charge in [-0.15, -0.1) is 0 Å². The van der Waals surface area contributed by atoms with Gasteiger partial charge in [-0.25, -0.2) is 0 Å². The molecule has 1 aliphatic heterocycles. The third kappa shape index (κ3) is 5.34. The molecule has 0 aromatic rings. The minimum atomic E-state index is 0.926. The van der Waals surface area contributed by atoms with Crippen LogP contribution in [0, 0.1) is 0 Å². The molecule has 16 heavy (non-hydrogen) atoms. The van der Waals surface area contributed by atoms with E-state index in [4.69, 9.17) is 0 Å². The van der Waals surface area contributed by atoms with Gasteiger partial charge in [0.15, 0.2) is 0 Å². The predicted molar refractivity (Wildman–Crippen MR) is 72.9 cm³/mol. The standard InChI is InChI=1S/C15H31N/c1-3-5-7-9-13-16-14-10-8-12-15(16)11-6-4-2/h15H,3-14H2,1-2H3. The second-order valence-electron chi connectivity index (χ2n) is 5.39. The molecule has 0 aliphatic carbocycles. The van der Waals surface area contributed by atoms with E-state index in [0.717, 1.165) is 6.04 Å². The summed E-state index contributed by atoms with van der Waals surface area (Å²) in [5.41, 5.74) is 0. The zero-order valence-electron chi connectivity index (χ0n) is 11.5. The summed E-state index contributed by atoms with van der Waals surface area (Å²) in [4.78, 5) is 2.79. The summed E-state index contributed by atoms with van der Waals surface area (Å²) in [5.74, 6) is 0. The minimum Gasteiger partial charge on any atom is -0.300 e. The highest BCUT2D eigenvalue weighted by Crippen LogP contribution is 2.22. The lowest BCUT2D eigenvalue weighted by Gasteiger charge is -2.36. The van der Waals surface area contributed by atoms with E-state index in [0.29, 0.717) is 0 Å². The molecule has 1 fully saturated rings. The molecule has 0 N–H and O–H groups in total. The zero-order chi connectivity index (χ0) is 11.6. The molecule has 0 aromatic carbocycles. The van der Waals surface area contributed by atoms with Crippen LogP contribution in [-0.2, 0) is 0 Å². The largest absolute Gasteiger partial charge is 0.300 e. The fourth-order valence-corrected chi connectivity index (χ4v) is 2.86. The van der Waals surface area contributed by atoms with Crippen LogP contribution in [0.2, 0.25) is 0 Å². The lowest BCUT2D eigenvalue weighted by molar-refractivity contribution is 0.135. The maximum absolute atomic E-state index is 2.79. The Morgan fingerprint density at radius 1 is 0.938 bits per heavy atom. The molecule has 1 aliphatic rings. The SMILES string of the molecule is CCCCCCN1CCCCC1CCCC. The van der Waals surface area contributed by atoms with Gasteiger partial charge in [0, 0.05) is 6.04 Å². The Morgan fingerprint density at radius 2 is 1.75 bits per heavy atom. The molecule has 0 bridgehead atoms. The predicted octanol–water partition coefficient (Wildman–Crippen LogP) is 4.61. The van der Waals surface area contributed by atoms with Crippen molar-refractivity contribution < 1.29 is 0 Å². The fourth-order valence-electron chi connectivity index (χ4n) is 2.86. The number of rotatable bonds is 8. The topological polar surface area (TPSA) is 3.24 Å². The maximum atomic E-state index is 2.79. The first-order valence-corrected chi connectivity index (χ1v) is 7.62. The second kappa shape index (κ2) is 9.04. The molecule has 0 aromatic heterocycles. The van der Waals surface area contributed by atoms with Crippen LogP contribution < -0.4 is 0 Å². The third-order valence-corrected chi connectivity index (χ3v) is 3.94. The summed E-state index contributed by atoms with van der Waals surface area (Å²) in [6, 6.07) is 0.926. The van der Waals surface area contributed by atoms with E-state index in [1.165, 1.54) is 77.3 Å². The van der Waals surface area contributed by atoms with Crippen molar-refractivity contribution >= 4 is 0 Å². The first kappa shape index (κ1) is 14.0. The highest BCUT2D eigenvalue weighted by molar-refractivity contribution is 4.76. The van der Waals surface area contributed by atoms with Gasteiger partial charge in [-0.05, 0) is 38.8 Å². The van der Waals surface area contributed by atoms with Crippen molar-refractivity contribution in [3.8, 4) is 0 Å². The lowest BCUT2D eigenvalue weighted by Crippen LogP contribution is -2.40. The van der Waals surface area contributed by atoms with Gasteiger partial charge < -0.3 is 4.90 Å². The molecule has 0 amide bonds. The Bertz CT molecular complexity index is 156. The van der Waals surface area contributed by atoms with Crippen molar-refractivity contribution in [3.63, 3.8) is 0 Å². The van der Waals surface area contributed by atoms with Crippen molar-refractivity contribution in [1.29, 1.82) is 0 Å². The van der Waals surface area contributed by atoms with Crippen LogP contribution in [0.4, 0.5) is 0 Å². The van der Waals surface area contributed by atoms with Crippen LogP contribution in [0.5, 0.6) is 0 Å². The summed E-state index contributed by atoms with van der Waals surface area (Å²) in [7, 11) is 0. The highest BCUT2D eigenvalue weighted by Gasteiger charge is 2.20. The molecule has 1 nitrogen and oxygen atoms in total. The Kier molecular flexibility index (Phi) is 7.92. The maximum Gasteiger partial charge on any atom is 0.00952 e. The van der Waals surface area contributed by atoms with E-state index in [9.17, 15) is 0 Å². The highest BCUT2D eigenvalue weighted by atomic mass is 15.2. The molecule has 1 heteroatoms. The number of likely N-dealkylation sites (tertiary alicyclic amines) is 1. The van der Waals surface area contributed by atoms with Gasteiger partial charge in [0.05, 0.1) is 0 Å². The molecule has 96 valence electrons. The molecule has 0 spiro atoms. The van der Waals surface area contributed by atoms with Gasteiger partial charge >= 0.3 is 0 Å². The Hall–Kier alpha value is -0.0400. The van der Waals surface area contributed by atoms with Gasteiger partial charge in [0.1, 0.15) is 0 Å². The van der Waals surface area contributed by atoms with Crippen molar-refractivity contribution in [2.75, 3.05) is 13.1 Å². The molecule has 1 unspecified atom stereocenters. The number of nitrogens with zero attached hydrogens (tertiary/aromatic N) is 1. The molecule has 1 saturated heterocycles. The average molecular weight is 225 g/mol. The average Bonchev–Trinajstić information content (AvgIpc) is 2.33. The Morgan fingerprint density at radius 3 is 2.50 bits per heavy atom. The summed E-state index contributed by atoms with van der Waals surface area (Å²) in [5, 5.41) is 0. The first-order valence-electron chi connectivity index (χ1n) is 7.62. The Labute approximate surface area is 103 Å². The summed E-state index contributed by atoms with van der Waals surface area (Å²) in [6.07, 6.45) is 14.3. The molecule has 1 rings (SSSR count). The van der Waals surface area contributed by atoms with Crippen LogP contribution in [0.15, 0.2) is 0 Å². The second-order valence-corrected chi connectivity index (χ2v) is 5.39. The molecular formula is C15H31N. The molecular weight excluding hydrogens is 194 g/mol. The number of hydrogen-bond donors (Lipinski definition) is 0. The molecule has 0 radical (unpaired) electrons. The quantitative estimate of drug-likeness (QED) is 0.545. The van der Waals surface area contributed by atoms with E-state index < -0.39 is 0 Å². The summed E-state index contributed by atoms with van der Waals surface area (Å²) < 4.78 is 0. The number of unbranched alkanes of at least 4 members (excludes halogenated alkanes) is 4. The monoisotopic (exact) mass is 225 g/mol. The van der Waals surface area contributed by atoms with Crippen molar-refractivity contribution in [2.45, 2.75) is 84.1 Å². The zero-order valence-corrected chi connectivity index (χ0v) is 11.5. The van der Waals surface area contributed by atoms with Crippen LogP contribution in [0.1, 0.15) is 78.1 Å². The van der Waals surface area contributed by atoms with E-state index >= 15 is 0 Å². The summed E-state index contributed by atoms with van der Waals surface area (Å²) in [6.45, 7) is 7.36.